The SMILES string of the molecule is CCC(CC)NC(CC(C)C)C(=O)OC. The Labute approximate surface area is 93.6 Å². The van der Waals surface area contributed by atoms with Crippen LogP contribution in [0.3, 0.4) is 0 Å². The van der Waals surface area contributed by atoms with E-state index >= 15 is 0 Å². The first-order chi connectivity index (χ1) is 7.04. The molecule has 0 spiro atoms. The summed E-state index contributed by atoms with van der Waals surface area (Å²) in [6.45, 7) is 8.49. The summed E-state index contributed by atoms with van der Waals surface area (Å²) in [4.78, 5) is 11.5. The van der Waals surface area contributed by atoms with E-state index in [9.17, 15) is 4.79 Å². The summed E-state index contributed by atoms with van der Waals surface area (Å²) in [5.41, 5.74) is 0. The molecular weight excluding hydrogens is 190 g/mol. The van der Waals surface area contributed by atoms with Crippen molar-refractivity contribution >= 4 is 5.97 Å². The number of rotatable bonds is 7. The summed E-state index contributed by atoms with van der Waals surface area (Å²) in [6, 6.07) is 0.257. The first-order valence-electron chi connectivity index (χ1n) is 5.88. The van der Waals surface area contributed by atoms with Gasteiger partial charge in [0.2, 0.25) is 0 Å². The molecule has 3 nitrogen and oxygen atoms in total. The van der Waals surface area contributed by atoms with Crippen molar-refractivity contribution < 1.29 is 9.53 Å². The predicted molar refractivity (Wildman–Crippen MR) is 62.8 cm³/mol. The van der Waals surface area contributed by atoms with Crippen LogP contribution in [-0.4, -0.2) is 25.2 Å². The summed E-state index contributed by atoms with van der Waals surface area (Å²) in [5.74, 6) is 0.353. The molecule has 0 radical (unpaired) electrons. The standard InChI is InChI=1S/C12H25NO2/c1-6-10(7-2)13-11(8-9(3)4)12(14)15-5/h9-11,13H,6-8H2,1-5H3. The minimum absolute atomic E-state index is 0.143. The lowest BCUT2D eigenvalue weighted by atomic mass is 10.0. The van der Waals surface area contributed by atoms with E-state index in [1.54, 1.807) is 0 Å². The lowest BCUT2D eigenvalue weighted by molar-refractivity contribution is -0.143. The number of ether oxygens (including phenoxy) is 1. The molecule has 15 heavy (non-hydrogen) atoms. The third-order valence-corrected chi connectivity index (χ3v) is 2.62. The number of carbonyl (C=O) groups excluding carboxylic acids is 1. The van der Waals surface area contributed by atoms with E-state index in [0.29, 0.717) is 12.0 Å². The lowest BCUT2D eigenvalue weighted by Crippen LogP contribution is -2.44. The fourth-order valence-corrected chi connectivity index (χ4v) is 1.65. The first kappa shape index (κ1) is 14.4. The van der Waals surface area contributed by atoms with E-state index in [4.69, 9.17) is 4.74 Å². The zero-order valence-electron chi connectivity index (χ0n) is 10.7. The molecule has 0 bridgehead atoms. The minimum Gasteiger partial charge on any atom is -0.468 e. The Hall–Kier alpha value is -0.570. The monoisotopic (exact) mass is 215 g/mol. The van der Waals surface area contributed by atoms with Crippen LogP contribution in [0.2, 0.25) is 0 Å². The van der Waals surface area contributed by atoms with Crippen LogP contribution in [-0.2, 0) is 9.53 Å². The molecule has 0 amide bonds. The molecule has 3 heteroatoms. The molecule has 0 aliphatic carbocycles. The van der Waals surface area contributed by atoms with E-state index < -0.39 is 0 Å². The molecule has 0 rings (SSSR count). The average molecular weight is 215 g/mol. The maximum atomic E-state index is 11.5. The van der Waals surface area contributed by atoms with Crippen LogP contribution in [0.4, 0.5) is 0 Å². The Balaban J connectivity index is 4.28. The van der Waals surface area contributed by atoms with Crippen molar-refractivity contribution in [1.82, 2.24) is 5.32 Å². The number of nitrogens with one attached hydrogen (secondary N) is 1. The Bertz CT molecular complexity index is 176. The maximum Gasteiger partial charge on any atom is 0.322 e. The van der Waals surface area contributed by atoms with Gasteiger partial charge in [-0.1, -0.05) is 27.7 Å². The second-order valence-electron chi connectivity index (χ2n) is 4.39. The summed E-state index contributed by atoms with van der Waals surface area (Å²) >= 11 is 0. The van der Waals surface area contributed by atoms with Crippen molar-refractivity contribution in [2.24, 2.45) is 5.92 Å². The van der Waals surface area contributed by atoms with E-state index in [1.165, 1.54) is 7.11 Å². The largest absolute Gasteiger partial charge is 0.468 e. The van der Waals surface area contributed by atoms with Crippen molar-refractivity contribution in [3.05, 3.63) is 0 Å². The number of hydrogen-bond acceptors (Lipinski definition) is 3. The van der Waals surface area contributed by atoms with Crippen LogP contribution >= 0.6 is 0 Å². The van der Waals surface area contributed by atoms with Crippen LogP contribution in [0, 0.1) is 5.92 Å². The molecule has 90 valence electrons. The summed E-state index contributed by atoms with van der Waals surface area (Å²) in [6.07, 6.45) is 2.92. The van der Waals surface area contributed by atoms with E-state index in [1.807, 2.05) is 0 Å². The molecular formula is C12H25NO2. The van der Waals surface area contributed by atoms with Gasteiger partial charge in [0.25, 0.3) is 0 Å². The van der Waals surface area contributed by atoms with Crippen LogP contribution in [0.1, 0.15) is 47.0 Å². The third kappa shape index (κ3) is 5.78. The maximum absolute atomic E-state index is 11.5. The van der Waals surface area contributed by atoms with E-state index in [0.717, 1.165) is 19.3 Å². The van der Waals surface area contributed by atoms with Gasteiger partial charge in [-0.2, -0.15) is 0 Å². The number of carbonyl (C=O) groups is 1. The van der Waals surface area contributed by atoms with Crippen molar-refractivity contribution in [2.75, 3.05) is 7.11 Å². The Morgan fingerprint density at radius 2 is 1.80 bits per heavy atom. The van der Waals surface area contributed by atoms with Crippen LogP contribution in [0.15, 0.2) is 0 Å². The van der Waals surface area contributed by atoms with Crippen LogP contribution < -0.4 is 5.32 Å². The van der Waals surface area contributed by atoms with Crippen molar-refractivity contribution in [1.29, 1.82) is 0 Å². The first-order valence-corrected chi connectivity index (χ1v) is 5.88. The van der Waals surface area contributed by atoms with Crippen molar-refractivity contribution in [3.63, 3.8) is 0 Å². The number of methoxy groups -OCH3 is 1. The van der Waals surface area contributed by atoms with Crippen LogP contribution in [0.25, 0.3) is 0 Å². The van der Waals surface area contributed by atoms with Gasteiger partial charge in [-0.25, -0.2) is 0 Å². The Morgan fingerprint density at radius 3 is 2.13 bits per heavy atom. The fraction of sp³-hybridized carbons (Fsp3) is 0.917. The molecule has 0 heterocycles. The van der Waals surface area contributed by atoms with Gasteiger partial charge in [-0.15, -0.1) is 0 Å². The summed E-state index contributed by atoms with van der Waals surface area (Å²) < 4.78 is 4.80. The Kier molecular flexibility index (Phi) is 7.39. The van der Waals surface area contributed by atoms with Crippen molar-refractivity contribution in [3.8, 4) is 0 Å². The zero-order valence-corrected chi connectivity index (χ0v) is 10.7. The van der Waals surface area contributed by atoms with Gasteiger partial charge < -0.3 is 10.1 Å². The van der Waals surface area contributed by atoms with Gasteiger partial charge in [0.05, 0.1) is 7.11 Å². The third-order valence-electron chi connectivity index (χ3n) is 2.62. The zero-order chi connectivity index (χ0) is 11.8. The van der Waals surface area contributed by atoms with Gasteiger partial charge in [0.15, 0.2) is 0 Å². The average Bonchev–Trinajstić information content (AvgIpc) is 2.22. The smallest absolute Gasteiger partial charge is 0.322 e. The number of esters is 1. The van der Waals surface area contributed by atoms with Crippen LogP contribution in [0.5, 0.6) is 0 Å². The molecule has 0 aliphatic rings. The Morgan fingerprint density at radius 1 is 1.27 bits per heavy atom. The topological polar surface area (TPSA) is 38.3 Å². The molecule has 1 atom stereocenters. The molecule has 0 saturated heterocycles. The second kappa shape index (κ2) is 7.69. The summed E-state index contributed by atoms with van der Waals surface area (Å²) in [7, 11) is 1.45. The second-order valence-corrected chi connectivity index (χ2v) is 4.39. The highest BCUT2D eigenvalue weighted by Crippen LogP contribution is 2.09. The highest BCUT2D eigenvalue weighted by Gasteiger charge is 2.22. The van der Waals surface area contributed by atoms with Gasteiger partial charge in [-0.3, -0.25) is 4.79 Å². The molecule has 0 aromatic heterocycles. The van der Waals surface area contributed by atoms with E-state index in [-0.39, 0.29) is 12.0 Å². The minimum atomic E-state index is -0.153. The summed E-state index contributed by atoms with van der Waals surface area (Å²) in [5, 5.41) is 3.36. The molecule has 0 saturated carbocycles. The van der Waals surface area contributed by atoms with Gasteiger partial charge in [-0.05, 0) is 25.2 Å². The highest BCUT2D eigenvalue weighted by atomic mass is 16.5. The molecule has 0 aromatic carbocycles. The normalized spacial score (nSPS) is 13.3. The van der Waals surface area contributed by atoms with Gasteiger partial charge in [0.1, 0.15) is 6.04 Å². The predicted octanol–water partition coefficient (Wildman–Crippen LogP) is 2.35. The quantitative estimate of drug-likeness (QED) is 0.662. The fourth-order valence-electron chi connectivity index (χ4n) is 1.65. The van der Waals surface area contributed by atoms with Gasteiger partial charge >= 0.3 is 5.97 Å². The lowest BCUT2D eigenvalue weighted by Gasteiger charge is -2.23. The molecule has 0 aliphatic heterocycles. The number of hydrogen-bond donors (Lipinski definition) is 1. The van der Waals surface area contributed by atoms with Gasteiger partial charge in [0, 0.05) is 6.04 Å². The molecule has 1 N–H and O–H groups in total. The highest BCUT2D eigenvalue weighted by molar-refractivity contribution is 5.75. The van der Waals surface area contributed by atoms with Crippen molar-refractivity contribution in [2.45, 2.75) is 59.0 Å². The van der Waals surface area contributed by atoms with E-state index in [2.05, 4.69) is 33.0 Å². The molecule has 0 aromatic rings. The molecule has 1 unspecified atom stereocenters. The molecule has 0 fully saturated rings.